The summed E-state index contributed by atoms with van der Waals surface area (Å²) in [7, 11) is 0. The highest BCUT2D eigenvalue weighted by molar-refractivity contribution is 5.34. The highest BCUT2D eigenvalue weighted by atomic mass is 16.5. The van der Waals surface area contributed by atoms with Crippen LogP contribution in [-0.4, -0.2) is 0 Å². The second kappa shape index (κ2) is 5.04. The van der Waals surface area contributed by atoms with E-state index >= 15 is 0 Å². The smallest absolute Gasteiger partial charge is 0.119 e. The first kappa shape index (κ1) is 10.3. The minimum atomic E-state index is 0.564. The molecule has 0 spiro atoms. The van der Waals surface area contributed by atoms with Crippen molar-refractivity contribution in [1.82, 2.24) is 0 Å². The number of benzene rings is 2. The first-order chi connectivity index (χ1) is 7.88. The third-order valence-corrected chi connectivity index (χ3v) is 2.27. The van der Waals surface area contributed by atoms with E-state index in [9.17, 15) is 0 Å². The molecule has 0 heterocycles. The van der Waals surface area contributed by atoms with Gasteiger partial charge in [-0.3, -0.25) is 0 Å². The molecule has 0 aliphatic rings. The van der Waals surface area contributed by atoms with Gasteiger partial charge in [0.25, 0.3) is 0 Å². The maximum atomic E-state index is 5.61. The molecular formula is C15H12O. The van der Waals surface area contributed by atoms with Crippen LogP contribution in [0.15, 0.2) is 54.6 Å². The Morgan fingerprint density at radius 2 is 1.62 bits per heavy atom. The Labute approximate surface area is 95.7 Å². The van der Waals surface area contributed by atoms with Crippen LogP contribution >= 0.6 is 0 Å². The van der Waals surface area contributed by atoms with Crippen LogP contribution in [0.5, 0.6) is 5.75 Å². The maximum absolute atomic E-state index is 5.61. The summed E-state index contributed by atoms with van der Waals surface area (Å²) in [6.45, 7) is 0.564. The zero-order chi connectivity index (χ0) is 11.2. The Hall–Kier alpha value is -2.20. The van der Waals surface area contributed by atoms with Crippen LogP contribution in [0.2, 0.25) is 0 Å². The molecule has 2 rings (SSSR count). The van der Waals surface area contributed by atoms with Crippen LogP contribution in [0, 0.1) is 12.3 Å². The van der Waals surface area contributed by atoms with Crippen molar-refractivity contribution in [3.05, 3.63) is 65.7 Å². The van der Waals surface area contributed by atoms with Crippen molar-refractivity contribution in [2.24, 2.45) is 0 Å². The van der Waals surface area contributed by atoms with Crippen LogP contribution in [0.25, 0.3) is 0 Å². The van der Waals surface area contributed by atoms with Gasteiger partial charge in [-0.25, -0.2) is 0 Å². The molecule has 1 heteroatoms. The van der Waals surface area contributed by atoms with Crippen LogP contribution in [0.4, 0.5) is 0 Å². The van der Waals surface area contributed by atoms with E-state index in [-0.39, 0.29) is 0 Å². The lowest BCUT2D eigenvalue weighted by atomic mass is 10.1. The van der Waals surface area contributed by atoms with Gasteiger partial charge < -0.3 is 4.74 Å². The number of ether oxygens (including phenoxy) is 1. The van der Waals surface area contributed by atoms with Crippen molar-refractivity contribution in [1.29, 1.82) is 0 Å². The van der Waals surface area contributed by atoms with E-state index in [4.69, 9.17) is 11.2 Å². The molecule has 0 aliphatic heterocycles. The molecule has 16 heavy (non-hydrogen) atoms. The fraction of sp³-hybridized carbons (Fsp3) is 0.0667. The molecular weight excluding hydrogens is 196 g/mol. The molecule has 0 atom stereocenters. The first-order valence-electron chi connectivity index (χ1n) is 5.12. The van der Waals surface area contributed by atoms with Crippen LogP contribution < -0.4 is 4.74 Å². The molecule has 0 radical (unpaired) electrons. The van der Waals surface area contributed by atoms with E-state index < -0.39 is 0 Å². The quantitative estimate of drug-likeness (QED) is 0.703. The minimum absolute atomic E-state index is 0.564. The minimum Gasteiger partial charge on any atom is -0.489 e. The van der Waals surface area contributed by atoms with E-state index in [1.807, 2.05) is 54.6 Å². The molecule has 0 unspecified atom stereocenters. The van der Waals surface area contributed by atoms with Crippen LogP contribution in [0.3, 0.4) is 0 Å². The second-order valence-corrected chi connectivity index (χ2v) is 3.44. The van der Waals surface area contributed by atoms with E-state index in [0.29, 0.717) is 6.61 Å². The SMILES string of the molecule is C#Cc1ccc(COc2ccccc2)cc1. The van der Waals surface area contributed by atoms with Gasteiger partial charge in [0.05, 0.1) is 0 Å². The van der Waals surface area contributed by atoms with Gasteiger partial charge in [-0.15, -0.1) is 6.42 Å². The first-order valence-corrected chi connectivity index (χ1v) is 5.12. The predicted molar refractivity (Wildman–Crippen MR) is 65.2 cm³/mol. The Balaban J connectivity index is 1.98. The van der Waals surface area contributed by atoms with E-state index in [1.165, 1.54) is 0 Å². The van der Waals surface area contributed by atoms with Gasteiger partial charge in [0.15, 0.2) is 0 Å². The van der Waals surface area contributed by atoms with E-state index in [2.05, 4.69) is 5.92 Å². The van der Waals surface area contributed by atoms with Gasteiger partial charge in [-0.2, -0.15) is 0 Å². The lowest BCUT2D eigenvalue weighted by molar-refractivity contribution is 0.306. The molecule has 0 saturated heterocycles. The monoisotopic (exact) mass is 208 g/mol. The van der Waals surface area contributed by atoms with Crippen molar-refractivity contribution >= 4 is 0 Å². The number of hydrogen-bond acceptors (Lipinski definition) is 1. The number of para-hydroxylation sites is 1. The molecule has 2 aromatic carbocycles. The molecule has 1 nitrogen and oxygen atoms in total. The maximum Gasteiger partial charge on any atom is 0.119 e. The Morgan fingerprint density at radius 1 is 0.938 bits per heavy atom. The van der Waals surface area contributed by atoms with Gasteiger partial charge in [-0.05, 0) is 29.8 Å². The fourth-order valence-corrected chi connectivity index (χ4v) is 1.38. The molecule has 78 valence electrons. The van der Waals surface area contributed by atoms with E-state index in [1.54, 1.807) is 0 Å². The average molecular weight is 208 g/mol. The Kier molecular flexibility index (Phi) is 3.25. The van der Waals surface area contributed by atoms with Crippen molar-refractivity contribution in [3.63, 3.8) is 0 Å². The molecule has 0 bridgehead atoms. The van der Waals surface area contributed by atoms with Gasteiger partial charge in [-0.1, -0.05) is 36.3 Å². The van der Waals surface area contributed by atoms with Crippen LogP contribution in [0.1, 0.15) is 11.1 Å². The molecule has 0 amide bonds. The predicted octanol–water partition coefficient (Wildman–Crippen LogP) is 3.25. The zero-order valence-electron chi connectivity index (χ0n) is 8.89. The normalized spacial score (nSPS) is 9.44. The highest BCUT2D eigenvalue weighted by Crippen LogP contribution is 2.11. The average Bonchev–Trinajstić information content (AvgIpc) is 2.38. The summed E-state index contributed by atoms with van der Waals surface area (Å²) in [5.74, 6) is 3.47. The van der Waals surface area contributed by atoms with Crippen molar-refractivity contribution in [2.75, 3.05) is 0 Å². The number of terminal acetylenes is 1. The molecule has 0 N–H and O–H groups in total. The third-order valence-electron chi connectivity index (χ3n) is 2.27. The number of hydrogen-bond donors (Lipinski definition) is 0. The standard InChI is InChI=1S/C15H12O/c1-2-13-8-10-14(11-9-13)12-16-15-6-4-3-5-7-15/h1,3-11H,12H2. The van der Waals surface area contributed by atoms with Crippen molar-refractivity contribution in [2.45, 2.75) is 6.61 Å². The lowest BCUT2D eigenvalue weighted by Crippen LogP contribution is -1.94. The van der Waals surface area contributed by atoms with Crippen molar-refractivity contribution < 1.29 is 4.74 Å². The summed E-state index contributed by atoms with van der Waals surface area (Å²) in [5.41, 5.74) is 2.01. The Bertz CT molecular complexity index is 477. The molecule has 2 aromatic rings. The van der Waals surface area contributed by atoms with Crippen molar-refractivity contribution in [3.8, 4) is 18.1 Å². The summed E-state index contributed by atoms with van der Waals surface area (Å²) < 4.78 is 5.61. The lowest BCUT2D eigenvalue weighted by Gasteiger charge is -2.05. The highest BCUT2D eigenvalue weighted by Gasteiger charge is 1.95. The number of rotatable bonds is 3. The molecule has 0 aromatic heterocycles. The summed E-state index contributed by atoms with van der Waals surface area (Å²) in [6, 6.07) is 17.6. The van der Waals surface area contributed by atoms with Gasteiger partial charge in [0, 0.05) is 5.56 Å². The van der Waals surface area contributed by atoms with Gasteiger partial charge >= 0.3 is 0 Å². The summed E-state index contributed by atoms with van der Waals surface area (Å²) in [4.78, 5) is 0. The van der Waals surface area contributed by atoms with Gasteiger partial charge in [0.1, 0.15) is 12.4 Å². The summed E-state index contributed by atoms with van der Waals surface area (Å²) >= 11 is 0. The second-order valence-electron chi connectivity index (χ2n) is 3.44. The topological polar surface area (TPSA) is 9.23 Å². The molecule has 0 fully saturated rings. The van der Waals surface area contributed by atoms with Crippen LogP contribution in [-0.2, 0) is 6.61 Å². The third kappa shape index (κ3) is 2.65. The zero-order valence-corrected chi connectivity index (χ0v) is 8.89. The van der Waals surface area contributed by atoms with Gasteiger partial charge in [0.2, 0.25) is 0 Å². The van der Waals surface area contributed by atoms with E-state index in [0.717, 1.165) is 16.9 Å². The summed E-state index contributed by atoms with van der Waals surface area (Å²) in [6.07, 6.45) is 5.28. The largest absolute Gasteiger partial charge is 0.489 e. The fourth-order valence-electron chi connectivity index (χ4n) is 1.38. The molecule has 0 aliphatic carbocycles. The Morgan fingerprint density at radius 3 is 2.25 bits per heavy atom. The molecule has 0 saturated carbocycles. The summed E-state index contributed by atoms with van der Waals surface area (Å²) in [5, 5.41) is 0.